The summed E-state index contributed by atoms with van der Waals surface area (Å²) in [5.41, 5.74) is 7.33. The van der Waals surface area contributed by atoms with Gasteiger partial charge in [0.1, 0.15) is 5.82 Å². The van der Waals surface area contributed by atoms with Crippen molar-refractivity contribution in [3.63, 3.8) is 0 Å². The van der Waals surface area contributed by atoms with Gasteiger partial charge in [0.15, 0.2) is 12.4 Å². The number of hydrogen-bond acceptors (Lipinski definition) is 7. The van der Waals surface area contributed by atoms with Gasteiger partial charge in [-0.1, -0.05) is 30.3 Å². The Kier molecular flexibility index (Phi) is 5.88. The van der Waals surface area contributed by atoms with Crippen molar-refractivity contribution >= 4 is 23.6 Å². The zero-order chi connectivity index (χ0) is 19.1. The lowest BCUT2D eigenvalue weighted by Gasteiger charge is -2.08. The maximum absolute atomic E-state index is 13.0. The van der Waals surface area contributed by atoms with E-state index in [1.807, 2.05) is 30.3 Å². The van der Waals surface area contributed by atoms with E-state index in [9.17, 15) is 9.18 Å². The lowest BCUT2D eigenvalue weighted by molar-refractivity contribution is -0.145. The molecule has 0 radical (unpaired) electrons. The predicted octanol–water partition coefficient (Wildman–Crippen LogP) is 3.01. The van der Waals surface area contributed by atoms with Gasteiger partial charge in [-0.2, -0.15) is 15.0 Å². The Bertz CT molecular complexity index is 904. The summed E-state index contributed by atoms with van der Waals surface area (Å²) >= 11 is 0. The van der Waals surface area contributed by atoms with E-state index in [-0.39, 0.29) is 42.5 Å². The summed E-state index contributed by atoms with van der Waals surface area (Å²) in [5, 5.41) is 2.90. The van der Waals surface area contributed by atoms with E-state index in [0.29, 0.717) is 12.1 Å². The normalized spacial score (nSPS) is 10.4. The number of aromatic nitrogens is 3. The number of nitrogen functional groups attached to an aromatic ring is 1. The summed E-state index contributed by atoms with van der Waals surface area (Å²) < 4.78 is 18.2. The number of nitrogens with one attached hydrogen (secondary N) is 1. The van der Waals surface area contributed by atoms with Crippen LogP contribution in [-0.2, 0) is 22.6 Å². The van der Waals surface area contributed by atoms with E-state index in [0.717, 1.165) is 5.56 Å². The van der Waals surface area contributed by atoms with Gasteiger partial charge in [0.2, 0.25) is 11.9 Å². The summed E-state index contributed by atoms with van der Waals surface area (Å²) in [4.78, 5) is 24.0. The highest BCUT2D eigenvalue weighted by Gasteiger charge is 2.09. The number of benzene rings is 2. The van der Waals surface area contributed by atoms with Crippen LogP contribution in [0.15, 0.2) is 54.6 Å². The minimum Gasteiger partial charge on any atom is -0.457 e. The molecule has 0 atom stereocenters. The number of ether oxygens (including phenoxy) is 1. The number of rotatable bonds is 7. The molecule has 1 heterocycles. The smallest absolute Gasteiger partial charge is 0.306 e. The Hall–Kier alpha value is -3.55. The molecule has 1 aromatic heterocycles. The van der Waals surface area contributed by atoms with Gasteiger partial charge in [-0.25, -0.2) is 4.39 Å². The van der Waals surface area contributed by atoms with Gasteiger partial charge in [-0.05, 0) is 36.2 Å². The highest BCUT2D eigenvalue weighted by molar-refractivity contribution is 5.69. The van der Waals surface area contributed by atoms with E-state index >= 15 is 0 Å². The van der Waals surface area contributed by atoms with Crippen molar-refractivity contribution in [2.75, 3.05) is 11.1 Å². The largest absolute Gasteiger partial charge is 0.457 e. The highest BCUT2D eigenvalue weighted by atomic mass is 19.1. The average molecular weight is 367 g/mol. The van der Waals surface area contributed by atoms with Gasteiger partial charge in [-0.15, -0.1) is 0 Å². The van der Waals surface area contributed by atoms with E-state index in [1.165, 1.54) is 12.1 Å². The molecule has 0 aliphatic rings. The van der Waals surface area contributed by atoms with Gasteiger partial charge in [0.05, 0.1) is 0 Å². The molecule has 0 bridgehead atoms. The van der Waals surface area contributed by atoms with Gasteiger partial charge in [-0.3, -0.25) is 4.79 Å². The third-order valence-electron chi connectivity index (χ3n) is 3.62. The molecule has 3 aromatic rings. The van der Waals surface area contributed by atoms with Gasteiger partial charge in [0, 0.05) is 12.1 Å². The zero-order valence-corrected chi connectivity index (χ0v) is 14.4. The number of carbonyl (C=O) groups is 1. The fourth-order valence-corrected chi connectivity index (χ4v) is 2.33. The van der Waals surface area contributed by atoms with Crippen LogP contribution >= 0.6 is 0 Å². The highest BCUT2D eigenvalue weighted by Crippen LogP contribution is 2.14. The molecule has 3 rings (SSSR count). The number of hydrogen-bond donors (Lipinski definition) is 2. The van der Waals surface area contributed by atoms with Crippen molar-refractivity contribution in [2.45, 2.75) is 19.4 Å². The molecule has 0 unspecified atom stereocenters. The molecular formula is C19H18FN5O2. The molecule has 0 fully saturated rings. The molecule has 3 N–H and O–H groups in total. The summed E-state index contributed by atoms with van der Waals surface area (Å²) in [6.07, 6.45) is 0.849. The maximum atomic E-state index is 13.0. The predicted molar refractivity (Wildman–Crippen MR) is 98.5 cm³/mol. The second-order valence-electron chi connectivity index (χ2n) is 5.71. The van der Waals surface area contributed by atoms with E-state index < -0.39 is 0 Å². The Morgan fingerprint density at radius 3 is 2.52 bits per heavy atom. The summed E-state index contributed by atoms with van der Waals surface area (Å²) in [6.45, 7) is -0.113. The lowest BCUT2D eigenvalue weighted by atomic mass is 10.1. The van der Waals surface area contributed by atoms with E-state index in [4.69, 9.17) is 10.5 Å². The SMILES string of the molecule is Nc1nc(COC(=O)CCc2ccccc2)nc(Nc2ccc(F)cc2)n1. The second kappa shape index (κ2) is 8.70. The molecule has 0 aliphatic heterocycles. The summed E-state index contributed by atoms with van der Waals surface area (Å²) in [7, 11) is 0. The fraction of sp³-hybridized carbons (Fsp3) is 0.158. The van der Waals surface area contributed by atoms with E-state index in [2.05, 4.69) is 20.3 Å². The first-order valence-corrected chi connectivity index (χ1v) is 8.31. The minimum atomic E-state index is -0.356. The maximum Gasteiger partial charge on any atom is 0.306 e. The summed E-state index contributed by atoms with van der Waals surface area (Å²) in [5.74, 6) is -0.306. The monoisotopic (exact) mass is 367 g/mol. The number of esters is 1. The fourth-order valence-electron chi connectivity index (χ4n) is 2.33. The first kappa shape index (κ1) is 18.2. The van der Waals surface area contributed by atoms with E-state index in [1.54, 1.807) is 12.1 Å². The molecule has 0 saturated heterocycles. The molecule has 2 aromatic carbocycles. The van der Waals surface area contributed by atoms with Gasteiger partial charge >= 0.3 is 5.97 Å². The van der Waals surface area contributed by atoms with Crippen LogP contribution in [0.3, 0.4) is 0 Å². The molecular weight excluding hydrogens is 349 g/mol. The lowest BCUT2D eigenvalue weighted by Crippen LogP contribution is -2.11. The molecule has 0 amide bonds. The quantitative estimate of drug-likeness (QED) is 0.619. The molecule has 0 saturated carbocycles. The molecule has 138 valence electrons. The molecule has 7 nitrogen and oxygen atoms in total. The van der Waals surface area contributed by atoms with Gasteiger partial charge in [0.25, 0.3) is 0 Å². The van der Waals surface area contributed by atoms with Crippen molar-refractivity contribution in [3.05, 3.63) is 71.8 Å². The molecule has 8 heteroatoms. The minimum absolute atomic E-state index is 0.00931. The van der Waals surface area contributed by atoms with Crippen LogP contribution in [-0.4, -0.2) is 20.9 Å². The number of anilines is 3. The third kappa shape index (κ3) is 5.74. The molecule has 0 spiro atoms. The first-order valence-electron chi connectivity index (χ1n) is 8.31. The van der Waals surface area contributed by atoms with Crippen LogP contribution in [0.4, 0.5) is 22.0 Å². The third-order valence-corrected chi connectivity index (χ3v) is 3.62. The number of nitrogens with zero attached hydrogens (tertiary/aromatic N) is 3. The second-order valence-corrected chi connectivity index (χ2v) is 5.71. The van der Waals surface area contributed by atoms with Crippen LogP contribution in [0.25, 0.3) is 0 Å². The molecule has 0 aliphatic carbocycles. The van der Waals surface area contributed by atoms with Crippen LogP contribution in [0.5, 0.6) is 0 Å². The van der Waals surface area contributed by atoms with Crippen LogP contribution in [0.2, 0.25) is 0 Å². The zero-order valence-electron chi connectivity index (χ0n) is 14.4. The number of carbonyl (C=O) groups excluding carboxylic acids is 1. The Morgan fingerprint density at radius 2 is 1.78 bits per heavy atom. The topological polar surface area (TPSA) is 103 Å². The Labute approximate surface area is 155 Å². The van der Waals surface area contributed by atoms with Crippen molar-refractivity contribution in [2.24, 2.45) is 0 Å². The van der Waals surface area contributed by atoms with Crippen molar-refractivity contribution in [3.8, 4) is 0 Å². The average Bonchev–Trinajstić information content (AvgIpc) is 2.67. The van der Waals surface area contributed by atoms with Crippen molar-refractivity contribution in [1.29, 1.82) is 0 Å². The van der Waals surface area contributed by atoms with Crippen molar-refractivity contribution < 1.29 is 13.9 Å². The number of aryl methyl sites for hydroxylation is 1. The number of nitrogens with two attached hydrogens (primary N) is 1. The van der Waals surface area contributed by atoms with Crippen LogP contribution in [0, 0.1) is 5.82 Å². The summed E-state index contributed by atoms with van der Waals surface area (Å²) in [6, 6.07) is 15.4. The van der Waals surface area contributed by atoms with Crippen molar-refractivity contribution in [1.82, 2.24) is 15.0 Å². The Morgan fingerprint density at radius 1 is 1.04 bits per heavy atom. The Balaban J connectivity index is 1.55. The van der Waals surface area contributed by atoms with Gasteiger partial charge < -0.3 is 15.8 Å². The van der Waals surface area contributed by atoms with Crippen LogP contribution in [0.1, 0.15) is 17.8 Å². The number of halogens is 1. The first-order chi connectivity index (χ1) is 13.1. The standard InChI is InChI=1S/C19H18FN5O2/c20-14-7-9-15(10-8-14)22-19-24-16(23-18(21)25-19)12-27-17(26)11-6-13-4-2-1-3-5-13/h1-5,7-10H,6,11-12H2,(H3,21,22,23,24,25). The van der Waals surface area contributed by atoms with Crippen LogP contribution < -0.4 is 11.1 Å². The molecule has 27 heavy (non-hydrogen) atoms.